The van der Waals surface area contributed by atoms with E-state index < -0.39 is 10.0 Å². The van der Waals surface area contributed by atoms with Crippen molar-refractivity contribution in [2.24, 2.45) is 0 Å². The Labute approximate surface area is 172 Å². The standard InChI is InChI=1S/C19H26N4O3S.ClH/c24-19(21-9-6-11-22-14-10-20-16-22)17-7-5-8-18(15-17)27(25,26)23-12-3-1-2-4-13-23;/h5,7-8,10,14-16H,1-4,6,9,11-13H2,(H,21,24);1H. The van der Waals surface area contributed by atoms with Crippen LogP contribution in [0.15, 0.2) is 47.9 Å². The fourth-order valence-electron chi connectivity index (χ4n) is 3.21. The number of carbonyl (C=O) groups excluding carboxylic acids is 1. The van der Waals surface area contributed by atoms with Gasteiger partial charge in [0.05, 0.1) is 11.2 Å². The number of carbonyl (C=O) groups is 1. The lowest BCUT2D eigenvalue weighted by molar-refractivity contribution is 0.0952. The molecule has 28 heavy (non-hydrogen) atoms. The number of imidazole rings is 1. The first-order valence-corrected chi connectivity index (χ1v) is 10.9. The third-order valence-corrected chi connectivity index (χ3v) is 6.63. The number of nitrogens with one attached hydrogen (secondary N) is 1. The third kappa shape index (κ3) is 5.80. The zero-order chi connectivity index (χ0) is 19.1. The zero-order valence-electron chi connectivity index (χ0n) is 15.8. The van der Waals surface area contributed by atoms with Crippen molar-refractivity contribution in [2.75, 3.05) is 19.6 Å². The number of amides is 1. The average Bonchev–Trinajstić information content (AvgIpc) is 3.04. The Hall–Kier alpha value is -1.90. The highest BCUT2D eigenvalue weighted by atomic mass is 35.5. The van der Waals surface area contributed by atoms with Gasteiger partial charge in [-0.15, -0.1) is 12.4 Å². The van der Waals surface area contributed by atoms with Gasteiger partial charge in [0.25, 0.3) is 5.91 Å². The van der Waals surface area contributed by atoms with E-state index in [9.17, 15) is 13.2 Å². The smallest absolute Gasteiger partial charge is 0.251 e. The number of rotatable bonds is 7. The van der Waals surface area contributed by atoms with Crippen LogP contribution in [-0.2, 0) is 16.6 Å². The van der Waals surface area contributed by atoms with Crippen LogP contribution >= 0.6 is 12.4 Å². The second-order valence-electron chi connectivity index (χ2n) is 6.76. The van der Waals surface area contributed by atoms with Crippen molar-refractivity contribution in [3.8, 4) is 0 Å². The highest BCUT2D eigenvalue weighted by Crippen LogP contribution is 2.21. The van der Waals surface area contributed by atoms with Gasteiger partial charge in [0.1, 0.15) is 0 Å². The first kappa shape index (κ1) is 22.4. The van der Waals surface area contributed by atoms with Gasteiger partial charge in [0.15, 0.2) is 0 Å². The minimum Gasteiger partial charge on any atom is -0.352 e. The lowest BCUT2D eigenvalue weighted by atomic mass is 10.2. The quantitative estimate of drug-likeness (QED) is 0.690. The summed E-state index contributed by atoms with van der Waals surface area (Å²) in [7, 11) is -3.55. The van der Waals surface area contributed by atoms with Crippen molar-refractivity contribution in [1.82, 2.24) is 19.2 Å². The zero-order valence-corrected chi connectivity index (χ0v) is 17.4. The van der Waals surface area contributed by atoms with E-state index in [1.54, 1.807) is 35.0 Å². The van der Waals surface area contributed by atoms with Crippen LogP contribution in [0.5, 0.6) is 0 Å². The molecule has 9 heteroatoms. The summed E-state index contributed by atoms with van der Waals surface area (Å²) in [5.74, 6) is -0.256. The molecule has 1 aromatic carbocycles. The predicted octanol–water partition coefficient (Wildman–Crippen LogP) is 2.69. The highest BCUT2D eigenvalue weighted by molar-refractivity contribution is 7.89. The van der Waals surface area contributed by atoms with Crippen molar-refractivity contribution in [3.05, 3.63) is 48.5 Å². The van der Waals surface area contributed by atoms with Crippen LogP contribution in [0.1, 0.15) is 42.5 Å². The summed E-state index contributed by atoms with van der Waals surface area (Å²) in [5.41, 5.74) is 0.369. The molecular formula is C19H27ClN4O3S. The predicted molar refractivity (Wildman–Crippen MR) is 110 cm³/mol. The Morgan fingerprint density at radius 2 is 1.89 bits per heavy atom. The molecule has 7 nitrogen and oxygen atoms in total. The SMILES string of the molecule is Cl.O=C(NCCCn1ccnc1)c1cccc(S(=O)(=O)N2CCCCCC2)c1. The first-order valence-electron chi connectivity index (χ1n) is 9.41. The number of hydrogen-bond acceptors (Lipinski definition) is 4. The van der Waals surface area contributed by atoms with Gasteiger partial charge in [-0.25, -0.2) is 13.4 Å². The molecule has 1 aliphatic heterocycles. The summed E-state index contributed by atoms with van der Waals surface area (Å²) in [6, 6.07) is 6.32. The van der Waals surface area contributed by atoms with Gasteiger partial charge in [-0.3, -0.25) is 4.79 Å². The molecule has 0 atom stereocenters. The van der Waals surface area contributed by atoms with Crippen molar-refractivity contribution in [1.29, 1.82) is 0 Å². The number of benzene rings is 1. The molecule has 1 fully saturated rings. The summed E-state index contributed by atoms with van der Waals surface area (Å²) >= 11 is 0. The molecular weight excluding hydrogens is 400 g/mol. The molecule has 3 rings (SSSR count). The van der Waals surface area contributed by atoms with Crippen LogP contribution in [0.25, 0.3) is 0 Å². The number of aromatic nitrogens is 2. The Bertz CT molecular complexity index is 848. The Morgan fingerprint density at radius 3 is 2.57 bits per heavy atom. The van der Waals surface area contributed by atoms with Gasteiger partial charge in [0, 0.05) is 44.1 Å². The molecule has 1 saturated heterocycles. The van der Waals surface area contributed by atoms with E-state index >= 15 is 0 Å². The highest BCUT2D eigenvalue weighted by Gasteiger charge is 2.25. The normalized spacial score (nSPS) is 15.4. The molecule has 0 spiro atoms. The monoisotopic (exact) mass is 426 g/mol. The first-order chi connectivity index (χ1) is 13.1. The summed E-state index contributed by atoms with van der Waals surface area (Å²) in [5, 5.41) is 2.85. The second-order valence-corrected chi connectivity index (χ2v) is 8.69. The molecule has 0 aliphatic carbocycles. The van der Waals surface area contributed by atoms with Gasteiger partial charge in [-0.05, 0) is 37.5 Å². The van der Waals surface area contributed by atoms with Crippen LogP contribution in [0.4, 0.5) is 0 Å². The molecule has 0 bridgehead atoms. The minimum absolute atomic E-state index is 0. The van der Waals surface area contributed by atoms with Gasteiger partial charge in [0.2, 0.25) is 10.0 Å². The van der Waals surface area contributed by atoms with E-state index in [-0.39, 0.29) is 23.2 Å². The van der Waals surface area contributed by atoms with Crippen LogP contribution in [-0.4, -0.2) is 47.8 Å². The lowest BCUT2D eigenvalue weighted by Crippen LogP contribution is -2.32. The van der Waals surface area contributed by atoms with Gasteiger partial charge in [-0.1, -0.05) is 18.9 Å². The van der Waals surface area contributed by atoms with Crippen LogP contribution in [0, 0.1) is 0 Å². The molecule has 1 aliphatic rings. The lowest BCUT2D eigenvalue weighted by Gasteiger charge is -2.20. The Kier molecular flexibility index (Phi) is 8.47. The summed E-state index contributed by atoms with van der Waals surface area (Å²) in [6.45, 7) is 2.38. The van der Waals surface area contributed by atoms with Crippen molar-refractivity contribution in [3.63, 3.8) is 0 Å². The maximum absolute atomic E-state index is 12.9. The summed E-state index contributed by atoms with van der Waals surface area (Å²) in [6.07, 6.45) is 9.99. The molecule has 154 valence electrons. The minimum atomic E-state index is -3.55. The topological polar surface area (TPSA) is 84.3 Å². The van der Waals surface area contributed by atoms with Crippen LogP contribution < -0.4 is 5.32 Å². The number of nitrogens with zero attached hydrogens (tertiary/aromatic N) is 3. The maximum atomic E-state index is 12.9. The molecule has 1 aromatic heterocycles. The van der Waals surface area contributed by atoms with Gasteiger partial charge < -0.3 is 9.88 Å². The van der Waals surface area contributed by atoms with E-state index in [0.717, 1.165) is 38.6 Å². The number of halogens is 1. The van der Waals surface area contributed by atoms with Crippen molar-refractivity contribution in [2.45, 2.75) is 43.5 Å². The second kappa shape index (κ2) is 10.6. The fraction of sp³-hybridized carbons (Fsp3) is 0.474. The average molecular weight is 427 g/mol. The molecule has 1 amide bonds. The van der Waals surface area contributed by atoms with E-state index in [2.05, 4.69) is 10.3 Å². The van der Waals surface area contributed by atoms with Crippen molar-refractivity contribution >= 4 is 28.3 Å². The Balaban J connectivity index is 0.00000280. The van der Waals surface area contributed by atoms with E-state index in [1.807, 2.05) is 10.8 Å². The molecule has 2 aromatic rings. The summed E-state index contributed by atoms with van der Waals surface area (Å²) in [4.78, 5) is 16.5. The van der Waals surface area contributed by atoms with Crippen LogP contribution in [0.2, 0.25) is 0 Å². The Morgan fingerprint density at radius 1 is 1.14 bits per heavy atom. The fourth-order valence-corrected chi connectivity index (χ4v) is 4.78. The summed E-state index contributed by atoms with van der Waals surface area (Å²) < 4.78 is 29.3. The van der Waals surface area contributed by atoms with Gasteiger partial charge in [-0.2, -0.15) is 4.31 Å². The van der Waals surface area contributed by atoms with Crippen molar-refractivity contribution < 1.29 is 13.2 Å². The molecule has 2 heterocycles. The molecule has 0 radical (unpaired) electrons. The van der Waals surface area contributed by atoms with Crippen LogP contribution in [0.3, 0.4) is 0 Å². The third-order valence-electron chi connectivity index (χ3n) is 4.74. The maximum Gasteiger partial charge on any atom is 0.251 e. The van der Waals surface area contributed by atoms with Gasteiger partial charge >= 0.3 is 0 Å². The molecule has 1 N–H and O–H groups in total. The number of sulfonamides is 1. The molecule has 0 saturated carbocycles. The number of aryl methyl sites for hydroxylation is 1. The van der Waals surface area contributed by atoms with E-state index in [1.165, 1.54) is 6.07 Å². The number of hydrogen-bond donors (Lipinski definition) is 1. The largest absolute Gasteiger partial charge is 0.352 e. The molecule has 0 unspecified atom stereocenters. The van der Waals surface area contributed by atoms with E-state index in [0.29, 0.717) is 25.2 Å². The van der Waals surface area contributed by atoms with E-state index in [4.69, 9.17) is 0 Å².